The quantitative estimate of drug-likeness (QED) is 0.168. The van der Waals surface area contributed by atoms with Crippen molar-refractivity contribution in [2.45, 2.75) is 0 Å². The molecule has 0 aliphatic heterocycles. The summed E-state index contributed by atoms with van der Waals surface area (Å²) < 4.78 is 7.32. The summed E-state index contributed by atoms with van der Waals surface area (Å²) in [5.74, 6) is 0. The van der Waals surface area contributed by atoms with Gasteiger partial charge >= 0.3 is 0 Å². The van der Waals surface area contributed by atoms with E-state index in [1.54, 1.807) is 0 Å². The summed E-state index contributed by atoms with van der Waals surface area (Å²) in [5, 5.41) is 7.43. The van der Waals surface area contributed by atoms with Crippen molar-refractivity contribution in [2.24, 2.45) is 0 Å². The second-order valence-corrected chi connectivity index (χ2v) is 15.0. The Hall–Kier alpha value is -7.62. The summed E-state index contributed by atoms with van der Waals surface area (Å²) >= 11 is 0. The summed E-state index contributed by atoms with van der Waals surface area (Å²) in [5.41, 5.74) is 15.5. The van der Waals surface area contributed by atoms with Crippen molar-refractivity contribution in [1.82, 2.24) is 13.7 Å². The van der Waals surface area contributed by atoms with Crippen molar-refractivity contribution in [3.8, 4) is 39.3 Å². The average Bonchev–Trinajstić information content (AvgIpc) is 3.90. The van der Waals surface area contributed by atoms with Gasteiger partial charge in [0.1, 0.15) is 0 Å². The summed E-state index contributed by atoms with van der Waals surface area (Å²) in [6.07, 6.45) is 0. The molecule has 0 aliphatic rings. The Balaban J connectivity index is 1.14. The Morgan fingerprint density at radius 1 is 0.193 bits per heavy atom. The molecule has 0 unspecified atom stereocenters. The Kier molecular flexibility index (Phi) is 6.93. The minimum Gasteiger partial charge on any atom is -0.309 e. The van der Waals surface area contributed by atoms with Gasteiger partial charge in [-0.25, -0.2) is 0 Å². The van der Waals surface area contributed by atoms with E-state index in [0.717, 1.165) is 17.1 Å². The zero-order valence-electron chi connectivity index (χ0n) is 31.0. The highest BCUT2D eigenvalue weighted by Gasteiger charge is 2.21. The third-order valence-electron chi connectivity index (χ3n) is 11.8. The van der Waals surface area contributed by atoms with Crippen molar-refractivity contribution in [3.05, 3.63) is 212 Å². The molecule has 3 aromatic heterocycles. The number of aromatic nitrogens is 3. The van der Waals surface area contributed by atoms with E-state index >= 15 is 0 Å². The van der Waals surface area contributed by atoms with E-state index < -0.39 is 0 Å². The minimum atomic E-state index is 1.14. The molecule has 266 valence electrons. The normalized spacial score (nSPS) is 11.9. The first-order valence-corrected chi connectivity index (χ1v) is 19.6. The van der Waals surface area contributed by atoms with Gasteiger partial charge < -0.3 is 13.7 Å². The van der Waals surface area contributed by atoms with Crippen LogP contribution in [0.4, 0.5) is 0 Å². The van der Waals surface area contributed by atoms with Crippen molar-refractivity contribution in [2.75, 3.05) is 0 Å². The van der Waals surface area contributed by atoms with Gasteiger partial charge in [0, 0.05) is 49.4 Å². The van der Waals surface area contributed by atoms with Gasteiger partial charge in [-0.2, -0.15) is 0 Å². The molecule has 0 amide bonds. The first-order chi connectivity index (χ1) is 28.3. The largest absolute Gasteiger partial charge is 0.309 e. The highest BCUT2D eigenvalue weighted by Crippen LogP contribution is 2.43. The van der Waals surface area contributed by atoms with Crippen LogP contribution in [0, 0.1) is 0 Å². The molecule has 0 aliphatic carbocycles. The monoisotopic (exact) mass is 725 g/mol. The Morgan fingerprint density at radius 3 is 0.895 bits per heavy atom. The standard InChI is InChI=1S/C54H35N3/c1-4-14-36(15-5-1)37-24-26-38(27-25-37)39-28-30-42(31-29-39)57-53-32-45-43-20-10-12-22-49(43)55(40-16-6-2-7-17-40)51(45)34-47(53)48-35-52-46(33-54(48)57)44-21-11-13-23-50(44)56(52)41-18-8-3-9-19-41/h1-35H. The van der Waals surface area contributed by atoms with Gasteiger partial charge in [0.25, 0.3) is 0 Å². The molecule has 0 atom stereocenters. The van der Waals surface area contributed by atoms with Crippen molar-refractivity contribution < 1.29 is 0 Å². The van der Waals surface area contributed by atoms with E-state index in [4.69, 9.17) is 0 Å². The molecule has 12 rings (SSSR count). The second kappa shape index (κ2) is 12.5. The van der Waals surface area contributed by atoms with Crippen LogP contribution in [0.5, 0.6) is 0 Å². The zero-order valence-corrected chi connectivity index (χ0v) is 31.0. The average molecular weight is 726 g/mol. The van der Waals surface area contributed by atoms with Gasteiger partial charge in [-0.15, -0.1) is 0 Å². The number of hydrogen-bond acceptors (Lipinski definition) is 0. The summed E-state index contributed by atoms with van der Waals surface area (Å²) in [6, 6.07) is 77.4. The van der Waals surface area contributed by atoms with Crippen LogP contribution in [0.2, 0.25) is 0 Å². The van der Waals surface area contributed by atoms with Crippen LogP contribution in [0.1, 0.15) is 0 Å². The lowest BCUT2D eigenvalue weighted by Crippen LogP contribution is -1.95. The molecule has 3 heterocycles. The number of nitrogens with zero attached hydrogens (tertiary/aromatic N) is 3. The molecule has 3 nitrogen and oxygen atoms in total. The van der Waals surface area contributed by atoms with Gasteiger partial charge in [-0.1, -0.05) is 140 Å². The lowest BCUT2D eigenvalue weighted by Gasteiger charge is -2.11. The lowest BCUT2D eigenvalue weighted by atomic mass is 10.0. The third kappa shape index (κ3) is 4.86. The fraction of sp³-hybridized carbons (Fsp3) is 0. The van der Waals surface area contributed by atoms with Crippen LogP contribution in [-0.4, -0.2) is 13.7 Å². The summed E-state index contributed by atoms with van der Waals surface area (Å²) in [6.45, 7) is 0. The maximum Gasteiger partial charge on any atom is 0.0548 e. The first-order valence-electron chi connectivity index (χ1n) is 19.6. The highest BCUT2D eigenvalue weighted by atomic mass is 15.0. The van der Waals surface area contributed by atoms with E-state index in [-0.39, 0.29) is 0 Å². The summed E-state index contributed by atoms with van der Waals surface area (Å²) in [7, 11) is 0. The van der Waals surface area contributed by atoms with Gasteiger partial charge in [0.05, 0.1) is 33.1 Å². The third-order valence-corrected chi connectivity index (χ3v) is 11.8. The van der Waals surface area contributed by atoms with Crippen LogP contribution in [0.25, 0.3) is 105 Å². The molecule has 0 fully saturated rings. The topological polar surface area (TPSA) is 14.8 Å². The number of hydrogen-bond donors (Lipinski definition) is 0. The maximum atomic E-state index is 2.48. The fourth-order valence-electron chi connectivity index (χ4n) is 9.22. The van der Waals surface area contributed by atoms with Crippen LogP contribution < -0.4 is 0 Å². The Morgan fingerprint density at radius 2 is 0.474 bits per heavy atom. The van der Waals surface area contributed by atoms with Crippen LogP contribution in [-0.2, 0) is 0 Å². The van der Waals surface area contributed by atoms with E-state index in [1.165, 1.54) is 87.7 Å². The maximum absolute atomic E-state index is 2.48. The molecule has 0 radical (unpaired) electrons. The molecule has 0 saturated heterocycles. The molecule has 0 spiro atoms. The molecule has 0 bridgehead atoms. The first kappa shape index (κ1) is 31.7. The molecular formula is C54H35N3. The van der Waals surface area contributed by atoms with E-state index in [2.05, 4.69) is 226 Å². The number of benzene rings is 9. The predicted molar refractivity (Wildman–Crippen MR) is 240 cm³/mol. The van der Waals surface area contributed by atoms with E-state index in [1.807, 2.05) is 0 Å². The Bertz CT molecular complexity index is 3290. The number of fused-ring (bicyclic) bond motifs is 9. The predicted octanol–water partition coefficient (Wildman–Crippen LogP) is 14.3. The lowest BCUT2D eigenvalue weighted by molar-refractivity contribution is 1.17. The van der Waals surface area contributed by atoms with Crippen LogP contribution >= 0.6 is 0 Å². The van der Waals surface area contributed by atoms with E-state index in [0.29, 0.717) is 0 Å². The molecule has 12 aromatic rings. The SMILES string of the molecule is c1ccc(-c2ccc(-c3ccc(-n4c5cc6c7ccccc7n(-c7ccccc7)c6cc5c5cc6c(cc54)c4ccccc4n6-c4ccccc4)cc3)cc2)cc1. The van der Waals surface area contributed by atoms with Crippen molar-refractivity contribution >= 4 is 65.4 Å². The summed E-state index contributed by atoms with van der Waals surface area (Å²) in [4.78, 5) is 0. The molecule has 0 saturated carbocycles. The Labute approximate surface area is 329 Å². The van der Waals surface area contributed by atoms with Gasteiger partial charge in [-0.05, 0) is 95.1 Å². The molecule has 3 heteroatoms. The van der Waals surface area contributed by atoms with Gasteiger partial charge in [-0.3, -0.25) is 0 Å². The molecular weight excluding hydrogens is 691 g/mol. The smallest absolute Gasteiger partial charge is 0.0548 e. The fourth-order valence-corrected chi connectivity index (χ4v) is 9.22. The highest BCUT2D eigenvalue weighted by molar-refractivity contribution is 6.22. The molecule has 57 heavy (non-hydrogen) atoms. The van der Waals surface area contributed by atoms with Gasteiger partial charge in [0.15, 0.2) is 0 Å². The minimum absolute atomic E-state index is 1.14. The van der Waals surface area contributed by atoms with E-state index in [9.17, 15) is 0 Å². The zero-order chi connectivity index (χ0) is 37.5. The number of para-hydroxylation sites is 4. The molecule has 0 N–H and O–H groups in total. The van der Waals surface area contributed by atoms with Crippen LogP contribution in [0.3, 0.4) is 0 Å². The van der Waals surface area contributed by atoms with Crippen molar-refractivity contribution in [1.29, 1.82) is 0 Å². The second-order valence-electron chi connectivity index (χ2n) is 15.0. The number of rotatable bonds is 5. The molecule has 9 aromatic carbocycles. The van der Waals surface area contributed by atoms with Crippen LogP contribution in [0.15, 0.2) is 212 Å². The van der Waals surface area contributed by atoms with Gasteiger partial charge in [0.2, 0.25) is 0 Å². The van der Waals surface area contributed by atoms with Crippen molar-refractivity contribution in [3.63, 3.8) is 0 Å².